The second-order valence-corrected chi connectivity index (χ2v) is 5.27. The smallest absolute Gasteiger partial charge is 0.407 e. The average molecular weight is 294 g/mol. The molecule has 0 spiro atoms. The molecular weight excluding hydrogens is 280 g/mol. The van der Waals surface area contributed by atoms with E-state index >= 15 is 0 Å². The van der Waals surface area contributed by atoms with Crippen LogP contribution in [0.2, 0.25) is 0 Å². The number of alkyl carbamates (subject to hydrolysis) is 1. The van der Waals surface area contributed by atoms with Gasteiger partial charge in [-0.2, -0.15) is 0 Å². The fraction of sp³-hybridized carbons (Fsp3) is 0.417. The van der Waals surface area contributed by atoms with Crippen LogP contribution in [0.5, 0.6) is 0 Å². The van der Waals surface area contributed by atoms with E-state index in [1.165, 1.54) is 0 Å². The number of carbonyl (C=O) groups excluding carboxylic acids is 1. The molecule has 2 aromatic rings. The molecule has 1 aliphatic heterocycles. The number of hydrogen-bond donors (Lipinski definition) is 1. The van der Waals surface area contributed by atoms with Crippen molar-refractivity contribution >= 4 is 17.9 Å². The standard InChI is InChI=1S/C12H14N4O3S/c1-2-16-10(9-4-3-5-18-9)14-15-11(16)20-7-8-6-19-12(17)13-8/h3-5,8H,2,6-7H2,1H3,(H,13,17)/t8-/m0/s1. The summed E-state index contributed by atoms with van der Waals surface area (Å²) in [6.45, 7) is 3.18. The molecule has 20 heavy (non-hydrogen) atoms. The first-order valence-electron chi connectivity index (χ1n) is 6.31. The lowest BCUT2D eigenvalue weighted by Gasteiger charge is -2.08. The molecule has 0 unspecified atom stereocenters. The third kappa shape index (κ3) is 2.51. The number of cyclic esters (lactones) is 1. The van der Waals surface area contributed by atoms with Gasteiger partial charge in [0, 0.05) is 12.3 Å². The highest BCUT2D eigenvalue weighted by atomic mass is 32.2. The summed E-state index contributed by atoms with van der Waals surface area (Å²) in [7, 11) is 0. The summed E-state index contributed by atoms with van der Waals surface area (Å²) in [6, 6.07) is 3.69. The number of hydrogen-bond acceptors (Lipinski definition) is 6. The summed E-state index contributed by atoms with van der Waals surface area (Å²) in [5.41, 5.74) is 0. The summed E-state index contributed by atoms with van der Waals surface area (Å²) in [5.74, 6) is 2.11. The van der Waals surface area contributed by atoms with Crippen LogP contribution in [-0.2, 0) is 11.3 Å². The predicted octanol–water partition coefficient (Wildman–Crippen LogP) is 1.76. The number of carbonyl (C=O) groups is 1. The van der Waals surface area contributed by atoms with Gasteiger partial charge in [-0.15, -0.1) is 10.2 Å². The maximum absolute atomic E-state index is 11.0. The quantitative estimate of drug-likeness (QED) is 0.846. The molecule has 2 aromatic heterocycles. The molecule has 1 atom stereocenters. The van der Waals surface area contributed by atoms with Crippen molar-refractivity contribution in [2.24, 2.45) is 0 Å². The first-order chi connectivity index (χ1) is 9.78. The lowest BCUT2D eigenvalue weighted by molar-refractivity contribution is 0.177. The Bertz CT molecular complexity index is 596. The van der Waals surface area contributed by atoms with Crippen LogP contribution < -0.4 is 5.32 Å². The summed E-state index contributed by atoms with van der Waals surface area (Å²) in [6.07, 6.45) is 1.26. The van der Waals surface area contributed by atoms with Gasteiger partial charge in [-0.1, -0.05) is 11.8 Å². The maximum atomic E-state index is 11.0. The molecule has 0 saturated carbocycles. The summed E-state index contributed by atoms with van der Waals surface area (Å²) >= 11 is 1.54. The largest absolute Gasteiger partial charge is 0.461 e. The zero-order chi connectivity index (χ0) is 13.9. The Labute approximate surface area is 119 Å². The molecule has 0 bridgehead atoms. The number of ether oxygens (including phenoxy) is 1. The van der Waals surface area contributed by atoms with Gasteiger partial charge in [0.2, 0.25) is 0 Å². The monoisotopic (exact) mass is 294 g/mol. The lowest BCUT2D eigenvalue weighted by Crippen LogP contribution is -2.28. The molecule has 1 N–H and O–H groups in total. The SMILES string of the molecule is CCn1c(SC[C@@H]2COC(=O)N2)nnc1-c1ccco1. The van der Waals surface area contributed by atoms with Crippen LogP contribution in [0.4, 0.5) is 4.79 Å². The number of aromatic nitrogens is 3. The van der Waals surface area contributed by atoms with E-state index in [1.54, 1.807) is 18.0 Å². The summed E-state index contributed by atoms with van der Waals surface area (Å²) in [5, 5.41) is 11.9. The maximum Gasteiger partial charge on any atom is 0.407 e. The molecule has 0 aromatic carbocycles. The Kier molecular flexibility index (Phi) is 3.64. The van der Waals surface area contributed by atoms with E-state index in [-0.39, 0.29) is 12.1 Å². The van der Waals surface area contributed by atoms with Gasteiger partial charge in [0.25, 0.3) is 0 Å². The third-order valence-electron chi connectivity index (χ3n) is 2.93. The van der Waals surface area contributed by atoms with Gasteiger partial charge >= 0.3 is 6.09 Å². The second kappa shape index (κ2) is 5.58. The Morgan fingerprint density at radius 3 is 3.10 bits per heavy atom. The minimum absolute atomic E-state index is 0.0153. The molecule has 1 fully saturated rings. The van der Waals surface area contributed by atoms with Crippen molar-refractivity contribution in [1.29, 1.82) is 0 Å². The van der Waals surface area contributed by atoms with E-state index in [2.05, 4.69) is 15.5 Å². The predicted molar refractivity (Wildman–Crippen MR) is 72.4 cm³/mol. The van der Waals surface area contributed by atoms with Gasteiger partial charge in [0.15, 0.2) is 16.7 Å². The number of furan rings is 1. The zero-order valence-electron chi connectivity index (χ0n) is 10.9. The van der Waals surface area contributed by atoms with Crippen molar-refractivity contribution < 1.29 is 13.9 Å². The molecule has 1 aliphatic rings. The van der Waals surface area contributed by atoms with E-state index in [0.29, 0.717) is 23.9 Å². The molecule has 7 nitrogen and oxygen atoms in total. The van der Waals surface area contributed by atoms with E-state index < -0.39 is 0 Å². The zero-order valence-corrected chi connectivity index (χ0v) is 11.7. The number of nitrogens with zero attached hydrogens (tertiary/aromatic N) is 3. The fourth-order valence-corrected chi connectivity index (χ4v) is 2.96. The van der Waals surface area contributed by atoms with Crippen LogP contribution >= 0.6 is 11.8 Å². The van der Waals surface area contributed by atoms with E-state index in [9.17, 15) is 4.79 Å². The Morgan fingerprint density at radius 1 is 1.55 bits per heavy atom. The Balaban J connectivity index is 1.72. The molecular formula is C12H14N4O3S. The van der Waals surface area contributed by atoms with Crippen LogP contribution in [0, 0.1) is 0 Å². The number of nitrogens with one attached hydrogen (secondary N) is 1. The number of amides is 1. The van der Waals surface area contributed by atoms with Crippen LogP contribution in [0.3, 0.4) is 0 Å². The third-order valence-corrected chi connectivity index (χ3v) is 4.06. The van der Waals surface area contributed by atoms with Crippen LogP contribution in [0.15, 0.2) is 28.0 Å². The van der Waals surface area contributed by atoms with Crippen molar-refractivity contribution in [1.82, 2.24) is 20.1 Å². The topological polar surface area (TPSA) is 82.2 Å². The first kappa shape index (κ1) is 13.0. The highest BCUT2D eigenvalue weighted by molar-refractivity contribution is 7.99. The molecule has 1 saturated heterocycles. The van der Waals surface area contributed by atoms with Crippen molar-refractivity contribution in [2.75, 3.05) is 12.4 Å². The van der Waals surface area contributed by atoms with Gasteiger partial charge in [0.1, 0.15) is 6.61 Å². The van der Waals surface area contributed by atoms with Gasteiger partial charge < -0.3 is 14.5 Å². The van der Waals surface area contributed by atoms with Gasteiger partial charge in [-0.05, 0) is 19.1 Å². The number of rotatable bonds is 5. The molecule has 3 heterocycles. The molecule has 0 radical (unpaired) electrons. The van der Waals surface area contributed by atoms with Crippen molar-refractivity contribution in [3.05, 3.63) is 18.4 Å². The van der Waals surface area contributed by atoms with Crippen molar-refractivity contribution in [3.8, 4) is 11.6 Å². The molecule has 0 aliphatic carbocycles. The fourth-order valence-electron chi connectivity index (χ4n) is 1.96. The average Bonchev–Trinajstić information content (AvgIpc) is 3.16. The lowest BCUT2D eigenvalue weighted by atomic mass is 10.4. The highest BCUT2D eigenvalue weighted by Gasteiger charge is 2.23. The van der Waals surface area contributed by atoms with Crippen molar-refractivity contribution in [3.63, 3.8) is 0 Å². The first-order valence-corrected chi connectivity index (χ1v) is 7.29. The van der Waals surface area contributed by atoms with Crippen molar-refractivity contribution in [2.45, 2.75) is 24.7 Å². The normalized spacial score (nSPS) is 18.1. The minimum atomic E-state index is -0.358. The molecule has 106 valence electrons. The van der Waals surface area contributed by atoms with Crippen LogP contribution in [0.25, 0.3) is 11.6 Å². The summed E-state index contributed by atoms with van der Waals surface area (Å²) < 4.78 is 12.2. The minimum Gasteiger partial charge on any atom is -0.461 e. The Hall–Kier alpha value is -1.96. The number of thioether (sulfide) groups is 1. The van der Waals surface area contributed by atoms with Gasteiger partial charge in [-0.3, -0.25) is 4.57 Å². The van der Waals surface area contributed by atoms with Gasteiger partial charge in [-0.25, -0.2) is 4.79 Å². The molecule has 8 heteroatoms. The van der Waals surface area contributed by atoms with Gasteiger partial charge in [0.05, 0.1) is 12.3 Å². The van der Waals surface area contributed by atoms with E-state index in [1.807, 2.05) is 23.6 Å². The van der Waals surface area contributed by atoms with Crippen LogP contribution in [-0.4, -0.2) is 39.3 Å². The van der Waals surface area contributed by atoms with E-state index in [0.717, 1.165) is 11.7 Å². The molecule has 1 amide bonds. The van der Waals surface area contributed by atoms with Crippen LogP contribution in [0.1, 0.15) is 6.92 Å². The second-order valence-electron chi connectivity index (χ2n) is 4.28. The van der Waals surface area contributed by atoms with E-state index in [4.69, 9.17) is 9.15 Å². The summed E-state index contributed by atoms with van der Waals surface area (Å²) in [4.78, 5) is 11.0. The highest BCUT2D eigenvalue weighted by Crippen LogP contribution is 2.24. The molecule has 3 rings (SSSR count). The Morgan fingerprint density at radius 2 is 2.45 bits per heavy atom.